The van der Waals surface area contributed by atoms with Crippen molar-refractivity contribution in [2.75, 3.05) is 20.3 Å². The average Bonchev–Trinajstić information content (AvgIpc) is 2.77. The fourth-order valence-electron chi connectivity index (χ4n) is 1.62. The van der Waals surface area contributed by atoms with Crippen LogP contribution in [0.1, 0.15) is 16.9 Å². The minimum Gasteiger partial charge on any atom is -0.385 e. The highest BCUT2D eigenvalue weighted by atomic mass is 35.7. The molecule has 0 saturated carbocycles. The molecule has 1 heterocycles. The normalized spacial score (nSPS) is 11.9. The van der Waals surface area contributed by atoms with Crippen molar-refractivity contribution in [3.8, 4) is 0 Å². The zero-order valence-electron chi connectivity index (χ0n) is 11.2. The molecule has 0 saturated heterocycles. The Bertz CT molecular complexity index is 589. The van der Waals surface area contributed by atoms with E-state index < -0.39 is 32.8 Å². The van der Waals surface area contributed by atoms with E-state index >= 15 is 0 Å². The fourth-order valence-corrected chi connectivity index (χ4v) is 2.37. The first-order chi connectivity index (χ1) is 9.75. The van der Waals surface area contributed by atoms with Gasteiger partial charge in [0, 0.05) is 37.1 Å². The van der Waals surface area contributed by atoms with Gasteiger partial charge in [-0.3, -0.25) is 4.79 Å². The van der Waals surface area contributed by atoms with E-state index in [1.165, 1.54) is 7.11 Å². The number of aromatic nitrogens is 1. The minimum absolute atomic E-state index is 0.188. The third-order valence-electron chi connectivity index (χ3n) is 2.53. The number of methoxy groups -OCH3 is 1. The molecule has 6 nitrogen and oxygen atoms in total. The van der Waals surface area contributed by atoms with E-state index in [1.807, 2.05) is 0 Å². The van der Waals surface area contributed by atoms with Crippen LogP contribution >= 0.6 is 10.7 Å². The van der Waals surface area contributed by atoms with Gasteiger partial charge in [0.15, 0.2) is 0 Å². The van der Waals surface area contributed by atoms with Crippen LogP contribution in [-0.4, -0.2) is 45.6 Å². The second-order valence-electron chi connectivity index (χ2n) is 4.14. The molecule has 0 aromatic carbocycles. The molecule has 1 rings (SSSR count). The maximum absolute atomic E-state index is 12.5. The Morgan fingerprint density at radius 1 is 1.52 bits per heavy atom. The molecule has 0 fully saturated rings. The molecule has 0 radical (unpaired) electrons. The molecule has 0 aliphatic carbocycles. The van der Waals surface area contributed by atoms with Crippen LogP contribution in [0.2, 0.25) is 0 Å². The van der Waals surface area contributed by atoms with Crippen LogP contribution in [-0.2, 0) is 20.3 Å². The summed E-state index contributed by atoms with van der Waals surface area (Å²) in [6.45, 7) is -0.0949. The predicted octanol–water partition coefficient (Wildman–Crippen LogP) is 1.45. The molecular formula is C11H15ClF2N2O4S. The number of alkyl halides is 2. The van der Waals surface area contributed by atoms with E-state index in [9.17, 15) is 22.0 Å². The summed E-state index contributed by atoms with van der Waals surface area (Å²) in [5, 5.41) is 2.49. The van der Waals surface area contributed by atoms with E-state index in [1.54, 1.807) is 0 Å². The number of carbonyl (C=O) groups is 1. The molecule has 1 amide bonds. The summed E-state index contributed by atoms with van der Waals surface area (Å²) in [7, 11) is 2.56. The van der Waals surface area contributed by atoms with Crippen molar-refractivity contribution in [3.05, 3.63) is 18.0 Å². The number of hydrogen-bond acceptors (Lipinski definition) is 4. The molecule has 1 N–H and O–H groups in total. The molecule has 0 atom stereocenters. The van der Waals surface area contributed by atoms with Crippen molar-refractivity contribution in [2.45, 2.75) is 24.3 Å². The van der Waals surface area contributed by atoms with Crippen molar-refractivity contribution in [1.29, 1.82) is 0 Å². The van der Waals surface area contributed by atoms with Crippen LogP contribution in [0.4, 0.5) is 8.78 Å². The summed E-state index contributed by atoms with van der Waals surface area (Å²) in [4.78, 5) is 11.5. The first-order valence-corrected chi connectivity index (χ1v) is 8.26. The number of carbonyl (C=O) groups excluding carboxylic acids is 1. The Morgan fingerprint density at radius 3 is 2.71 bits per heavy atom. The Balaban J connectivity index is 2.92. The molecule has 21 heavy (non-hydrogen) atoms. The monoisotopic (exact) mass is 344 g/mol. The van der Waals surface area contributed by atoms with Gasteiger partial charge < -0.3 is 14.6 Å². The number of hydrogen-bond donors (Lipinski definition) is 1. The third-order valence-corrected chi connectivity index (χ3v) is 3.85. The lowest BCUT2D eigenvalue weighted by Gasteiger charge is -2.08. The molecular weight excluding hydrogens is 330 g/mol. The van der Waals surface area contributed by atoms with Gasteiger partial charge in [-0.05, 0) is 12.5 Å². The van der Waals surface area contributed by atoms with Gasteiger partial charge in [0.1, 0.15) is 10.6 Å². The summed E-state index contributed by atoms with van der Waals surface area (Å²) in [5.41, 5.74) is -0.188. The van der Waals surface area contributed by atoms with E-state index in [-0.39, 0.29) is 12.2 Å². The first kappa shape index (κ1) is 17.9. The highest BCUT2D eigenvalue weighted by Crippen LogP contribution is 2.19. The summed E-state index contributed by atoms with van der Waals surface area (Å²) in [6.07, 6.45) is -1.28. The molecule has 10 heteroatoms. The number of rotatable bonds is 8. The highest BCUT2D eigenvalue weighted by molar-refractivity contribution is 8.13. The lowest BCUT2D eigenvalue weighted by Crippen LogP contribution is -2.28. The first-order valence-electron chi connectivity index (χ1n) is 5.96. The maximum Gasteiger partial charge on any atom is 0.267 e. The van der Waals surface area contributed by atoms with Gasteiger partial charge in [-0.2, -0.15) is 0 Å². The smallest absolute Gasteiger partial charge is 0.267 e. The van der Waals surface area contributed by atoms with E-state index in [2.05, 4.69) is 5.32 Å². The lowest BCUT2D eigenvalue weighted by molar-refractivity contribution is 0.0926. The summed E-state index contributed by atoms with van der Waals surface area (Å²) < 4.78 is 53.1. The van der Waals surface area contributed by atoms with Crippen molar-refractivity contribution in [1.82, 2.24) is 9.88 Å². The zero-order chi connectivity index (χ0) is 16.0. The molecule has 0 aliphatic rings. The third kappa shape index (κ3) is 5.60. The highest BCUT2D eigenvalue weighted by Gasteiger charge is 2.21. The van der Waals surface area contributed by atoms with Gasteiger partial charge in [0.05, 0.1) is 6.54 Å². The van der Waals surface area contributed by atoms with E-state index in [0.29, 0.717) is 13.0 Å². The largest absolute Gasteiger partial charge is 0.385 e. The summed E-state index contributed by atoms with van der Waals surface area (Å²) in [5.74, 6) is -0.654. The summed E-state index contributed by atoms with van der Waals surface area (Å²) >= 11 is 0. The van der Waals surface area contributed by atoms with Crippen molar-refractivity contribution in [2.24, 2.45) is 0 Å². The van der Waals surface area contributed by atoms with Crippen molar-refractivity contribution in [3.63, 3.8) is 0 Å². The van der Waals surface area contributed by atoms with Crippen LogP contribution in [0.25, 0.3) is 0 Å². The lowest BCUT2D eigenvalue weighted by atomic mass is 10.3. The number of ether oxygens (including phenoxy) is 1. The van der Waals surface area contributed by atoms with Crippen LogP contribution in [0.5, 0.6) is 0 Å². The Labute approximate surface area is 125 Å². The quantitative estimate of drug-likeness (QED) is 0.572. The standard InChI is InChI=1S/C11H15ClF2N2O4S/c1-20-4-2-3-15-11(17)9-5-8(21(12,18)19)6-16(9)7-10(13)14/h5-6,10H,2-4,7H2,1H3,(H,15,17). The SMILES string of the molecule is COCCCNC(=O)c1cc(S(=O)(=O)Cl)cn1CC(F)F. The Kier molecular flexibility index (Phi) is 6.56. The zero-order valence-corrected chi connectivity index (χ0v) is 12.8. The van der Waals surface area contributed by atoms with Gasteiger partial charge in [-0.25, -0.2) is 17.2 Å². The van der Waals surface area contributed by atoms with Crippen LogP contribution in [0, 0.1) is 0 Å². The van der Waals surface area contributed by atoms with Gasteiger partial charge in [-0.1, -0.05) is 0 Å². The molecule has 0 unspecified atom stereocenters. The number of nitrogens with zero attached hydrogens (tertiary/aromatic N) is 1. The molecule has 1 aromatic rings. The Morgan fingerprint density at radius 2 is 2.19 bits per heavy atom. The van der Waals surface area contributed by atoms with Crippen LogP contribution < -0.4 is 5.32 Å². The molecule has 0 bridgehead atoms. The van der Waals surface area contributed by atoms with E-state index in [0.717, 1.165) is 16.8 Å². The van der Waals surface area contributed by atoms with Gasteiger partial charge >= 0.3 is 0 Å². The summed E-state index contributed by atoms with van der Waals surface area (Å²) in [6, 6.07) is 0.969. The van der Waals surface area contributed by atoms with Gasteiger partial charge in [0.25, 0.3) is 21.4 Å². The Hall–Kier alpha value is -1.19. The second kappa shape index (κ2) is 7.71. The van der Waals surface area contributed by atoms with Crippen LogP contribution in [0.3, 0.4) is 0 Å². The van der Waals surface area contributed by atoms with E-state index in [4.69, 9.17) is 15.4 Å². The number of nitrogens with one attached hydrogen (secondary N) is 1. The average molecular weight is 345 g/mol. The molecule has 1 aromatic heterocycles. The maximum atomic E-state index is 12.5. The predicted molar refractivity (Wildman–Crippen MR) is 72.3 cm³/mol. The second-order valence-corrected chi connectivity index (χ2v) is 6.71. The number of halogens is 3. The molecule has 0 aliphatic heterocycles. The van der Waals surface area contributed by atoms with Crippen molar-refractivity contribution >= 4 is 25.6 Å². The molecule has 120 valence electrons. The number of amides is 1. The minimum atomic E-state index is -4.10. The topological polar surface area (TPSA) is 77.4 Å². The van der Waals surface area contributed by atoms with Gasteiger partial charge in [0.2, 0.25) is 0 Å². The fraction of sp³-hybridized carbons (Fsp3) is 0.545. The van der Waals surface area contributed by atoms with Crippen molar-refractivity contribution < 1.29 is 26.7 Å². The van der Waals surface area contributed by atoms with Gasteiger partial charge in [-0.15, -0.1) is 0 Å². The van der Waals surface area contributed by atoms with Crippen LogP contribution in [0.15, 0.2) is 17.2 Å². The molecule has 0 spiro atoms.